The van der Waals surface area contributed by atoms with E-state index in [0.29, 0.717) is 30.3 Å². The van der Waals surface area contributed by atoms with Crippen molar-refractivity contribution in [2.75, 3.05) is 25.0 Å². The molecule has 0 radical (unpaired) electrons. The second kappa shape index (κ2) is 7.43. The van der Waals surface area contributed by atoms with Gasteiger partial charge in [-0.25, -0.2) is 4.98 Å². The largest absolute Gasteiger partial charge is 0.478 e. The van der Waals surface area contributed by atoms with Crippen LogP contribution in [0.1, 0.15) is 38.3 Å². The summed E-state index contributed by atoms with van der Waals surface area (Å²) in [7, 11) is 0. The smallest absolute Gasteiger partial charge is 0.226 e. The van der Waals surface area contributed by atoms with Crippen LogP contribution in [0.5, 0.6) is 5.88 Å². The molecule has 112 valence electrons. The molecule has 5 nitrogen and oxygen atoms in total. The molecule has 0 amide bonds. The zero-order valence-corrected chi connectivity index (χ0v) is 12.6. The van der Waals surface area contributed by atoms with Gasteiger partial charge in [0.2, 0.25) is 11.8 Å². The number of rotatable bonds is 6. The van der Waals surface area contributed by atoms with E-state index in [1.807, 2.05) is 19.9 Å². The van der Waals surface area contributed by atoms with Crippen LogP contribution >= 0.6 is 0 Å². The lowest BCUT2D eigenvalue weighted by Crippen LogP contribution is -2.31. The lowest BCUT2D eigenvalue weighted by molar-refractivity contribution is 0.255. The summed E-state index contributed by atoms with van der Waals surface area (Å²) in [5, 5.41) is 3.36. The van der Waals surface area contributed by atoms with E-state index >= 15 is 0 Å². The number of anilines is 1. The van der Waals surface area contributed by atoms with Crippen molar-refractivity contribution in [3.63, 3.8) is 0 Å². The lowest BCUT2D eigenvalue weighted by atomic mass is 9.79. The van der Waals surface area contributed by atoms with Gasteiger partial charge in [-0.1, -0.05) is 12.8 Å². The van der Waals surface area contributed by atoms with Gasteiger partial charge in [-0.3, -0.25) is 0 Å². The van der Waals surface area contributed by atoms with E-state index in [-0.39, 0.29) is 0 Å². The molecule has 3 N–H and O–H groups in total. The Balaban J connectivity index is 1.95. The third-order valence-electron chi connectivity index (χ3n) is 4.01. The van der Waals surface area contributed by atoms with Gasteiger partial charge in [-0.05, 0) is 45.1 Å². The van der Waals surface area contributed by atoms with Crippen LogP contribution in [0.25, 0.3) is 0 Å². The van der Waals surface area contributed by atoms with E-state index in [1.54, 1.807) is 0 Å². The molecular weight excluding hydrogens is 252 g/mol. The molecule has 0 aromatic carbocycles. The van der Waals surface area contributed by atoms with Crippen molar-refractivity contribution in [2.45, 2.75) is 39.5 Å². The molecular formula is C15H26N4O. The normalized spacial score (nSPS) is 22.6. The van der Waals surface area contributed by atoms with E-state index < -0.39 is 0 Å². The molecule has 1 saturated carbocycles. The standard InChI is InChI=1S/C15H26N4O/c1-3-20-14-8-11(2)18-15(19-14)17-10-13-7-5-4-6-12(13)9-16/h8,12-13H,3-7,9-10,16H2,1-2H3,(H,17,18,19). The topological polar surface area (TPSA) is 73.1 Å². The predicted molar refractivity (Wildman–Crippen MR) is 80.9 cm³/mol. The maximum absolute atomic E-state index is 5.87. The predicted octanol–water partition coefficient (Wildman–Crippen LogP) is 2.36. The molecule has 0 bridgehead atoms. The quantitative estimate of drug-likeness (QED) is 0.835. The van der Waals surface area contributed by atoms with E-state index in [1.165, 1.54) is 25.7 Å². The van der Waals surface area contributed by atoms with E-state index in [9.17, 15) is 0 Å². The fourth-order valence-corrected chi connectivity index (χ4v) is 2.93. The Bertz CT molecular complexity index is 424. The Hall–Kier alpha value is -1.36. The van der Waals surface area contributed by atoms with Crippen molar-refractivity contribution in [1.29, 1.82) is 0 Å². The first-order valence-electron chi connectivity index (χ1n) is 7.65. The van der Waals surface area contributed by atoms with Crippen molar-refractivity contribution in [2.24, 2.45) is 17.6 Å². The molecule has 1 aromatic rings. The van der Waals surface area contributed by atoms with Gasteiger partial charge in [0, 0.05) is 18.3 Å². The molecule has 1 heterocycles. The first-order chi connectivity index (χ1) is 9.72. The van der Waals surface area contributed by atoms with Gasteiger partial charge in [0.15, 0.2) is 0 Å². The lowest BCUT2D eigenvalue weighted by Gasteiger charge is -2.30. The van der Waals surface area contributed by atoms with Gasteiger partial charge >= 0.3 is 0 Å². The minimum Gasteiger partial charge on any atom is -0.478 e. The monoisotopic (exact) mass is 278 g/mol. The zero-order valence-electron chi connectivity index (χ0n) is 12.6. The van der Waals surface area contributed by atoms with Gasteiger partial charge in [-0.2, -0.15) is 4.98 Å². The Morgan fingerprint density at radius 2 is 2.05 bits per heavy atom. The van der Waals surface area contributed by atoms with Crippen LogP contribution in [-0.2, 0) is 0 Å². The molecule has 1 aromatic heterocycles. The van der Waals surface area contributed by atoms with E-state index in [4.69, 9.17) is 10.5 Å². The number of ether oxygens (including phenoxy) is 1. The summed E-state index contributed by atoms with van der Waals surface area (Å²) in [5.41, 5.74) is 6.79. The number of aromatic nitrogens is 2. The van der Waals surface area contributed by atoms with Crippen molar-refractivity contribution >= 4 is 5.95 Å². The highest BCUT2D eigenvalue weighted by Gasteiger charge is 2.23. The summed E-state index contributed by atoms with van der Waals surface area (Å²) in [6.07, 6.45) is 5.12. The Morgan fingerprint density at radius 1 is 1.30 bits per heavy atom. The van der Waals surface area contributed by atoms with Crippen molar-refractivity contribution in [3.05, 3.63) is 11.8 Å². The molecule has 1 aliphatic carbocycles. The van der Waals surface area contributed by atoms with Gasteiger partial charge < -0.3 is 15.8 Å². The number of nitrogens with zero attached hydrogens (tertiary/aromatic N) is 2. The Labute approximate surface area is 121 Å². The second-order valence-electron chi connectivity index (χ2n) is 5.53. The van der Waals surface area contributed by atoms with Crippen LogP contribution < -0.4 is 15.8 Å². The maximum atomic E-state index is 5.87. The maximum Gasteiger partial charge on any atom is 0.226 e. The minimum atomic E-state index is 0.619. The van der Waals surface area contributed by atoms with Crippen LogP contribution in [0, 0.1) is 18.8 Å². The first-order valence-corrected chi connectivity index (χ1v) is 7.65. The first kappa shape index (κ1) is 15.0. The van der Waals surface area contributed by atoms with Crippen LogP contribution in [-0.4, -0.2) is 29.7 Å². The molecule has 2 rings (SSSR count). The molecule has 2 atom stereocenters. The molecule has 2 unspecified atom stereocenters. The van der Waals surface area contributed by atoms with Gasteiger partial charge in [0.05, 0.1) is 6.61 Å². The van der Waals surface area contributed by atoms with Gasteiger partial charge in [0.25, 0.3) is 0 Å². The third-order valence-corrected chi connectivity index (χ3v) is 4.01. The molecule has 5 heteroatoms. The highest BCUT2D eigenvalue weighted by Crippen LogP contribution is 2.29. The summed E-state index contributed by atoms with van der Waals surface area (Å²) in [6.45, 7) is 6.22. The fraction of sp³-hybridized carbons (Fsp3) is 0.733. The van der Waals surface area contributed by atoms with Gasteiger partial charge in [-0.15, -0.1) is 0 Å². The van der Waals surface area contributed by atoms with Crippen molar-refractivity contribution < 1.29 is 4.74 Å². The number of hydrogen-bond donors (Lipinski definition) is 2. The summed E-state index contributed by atoms with van der Waals surface area (Å²) < 4.78 is 5.45. The van der Waals surface area contributed by atoms with Gasteiger partial charge in [0.1, 0.15) is 0 Å². The average Bonchev–Trinajstić information content (AvgIpc) is 2.45. The fourth-order valence-electron chi connectivity index (χ4n) is 2.93. The summed E-state index contributed by atoms with van der Waals surface area (Å²) in [4.78, 5) is 8.80. The van der Waals surface area contributed by atoms with Crippen LogP contribution in [0.3, 0.4) is 0 Å². The van der Waals surface area contributed by atoms with E-state index in [2.05, 4.69) is 15.3 Å². The number of aryl methyl sites for hydroxylation is 1. The molecule has 0 spiro atoms. The SMILES string of the molecule is CCOc1cc(C)nc(NCC2CCCCC2CN)n1. The Morgan fingerprint density at radius 3 is 2.75 bits per heavy atom. The summed E-state index contributed by atoms with van der Waals surface area (Å²) in [5.74, 6) is 2.57. The molecule has 20 heavy (non-hydrogen) atoms. The highest BCUT2D eigenvalue weighted by atomic mass is 16.5. The Kier molecular flexibility index (Phi) is 5.59. The third kappa shape index (κ3) is 4.07. The summed E-state index contributed by atoms with van der Waals surface area (Å²) >= 11 is 0. The number of hydrogen-bond acceptors (Lipinski definition) is 5. The molecule has 0 saturated heterocycles. The number of nitrogens with two attached hydrogens (primary N) is 1. The van der Waals surface area contributed by atoms with Crippen LogP contribution in [0.15, 0.2) is 6.07 Å². The van der Waals surface area contributed by atoms with Crippen LogP contribution in [0.2, 0.25) is 0 Å². The second-order valence-corrected chi connectivity index (χ2v) is 5.53. The minimum absolute atomic E-state index is 0.619. The summed E-state index contributed by atoms with van der Waals surface area (Å²) in [6, 6.07) is 1.86. The van der Waals surface area contributed by atoms with Crippen molar-refractivity contribution in [3.8, 4) is 5.88 Å². The highest BCUT2D eigenvalue weighted by molar-refractivity contribution is 5.30. The number of nitrogens with one attached hydrogen (secondary N) is 1. The van der Waals surface area contributed by atoms with Crippen LogP contribution in [0.4, 0.5) is 5.95 Å². The van der Waals surface area contributed by atoms with Crippen molar-refractivity contribution in [1.82, 2.24) is 9.97 Å². The molecule has 1 fully saturated rings. The van der Waals surface area contributed by atoms with E-state index in [0.717, 1.165) is 18.8 Å². The molecule has 0 aliphatic heterocycles. The molecule has 1 aliphatic rings. The zero-order chi connectivity index (χ0) is 14.4. The average molecular weight is 278 g/mol.